The van der Waals surface area contributed by atoms with Crippen molar-refractivity contribution in [1.82, 2.24) is 4.98 Å². The normalized spacial score (nSPS) is 11.7. The number of aryl methyl sites for hydroxylation is 1. The van der Waals surface area contributed by atoms with Gasteiger partial charge in [0.05, 0.1) is 17.3 Å². The molecule has 1 aromatic heterocycles. The lowest BCUT2D eigenvalue weighted by Gasteiger charge is -2.07. The first kappa shape index (κ1) is 14.2. The minimum Gasteiger partial charge on any atom is -0.322 e. The lowest BCUT2D eigenvalue weighted by atomic mass is 10.1. The second-order valence-corrected chi connectivity index (χ2v) is 5.31. The molecule has 0 aliphatic carbocycles. The fraction of sp³-hybridized carbons (Fsp3) is 0.214. The van der Waals surface area contributed by atoms with E-state index in [1.807, 2.05) is 19.9 Å². The van der Waals surface area contributed by atoms with Crippen LogP contribution in [0.15, 0.2) is 23.6 Å². The Hall–Kier alpha value is -2.23. The Labute approximate surface area is 121 Å². The van der Waals surface area contributed by atoms with E-state index in [-0.39, 0.29) is 11.9 Å². The molecule has 0 saturated heterocycles. The van der Waals surface area contributed by atoms with E-state index in [1.54, 1.807) is 17.5 Å². The molecule has 2 rings (SSSR count). The van der Waals surface area contributed by atoms with Crippen molar-refractivity contribution in [2.24, 2.45) is 5.73 Å². The van der Waals surface area contributed by atoms with Gasteiger partial charge >= 0.3 is 0 Å². The van der Waals surface area contributed by atoms with Gasteiger partial charge in [-0.15, -0.1) is 11.3 Å². The van der Waals surface area contributed by atoms with Crippen LogP contribution in [0.5, 0.6) is 0 Å². The van der Waals surface area contributed by atoms with E-state index in [0.717, 1.165) is 5.56 Å². The van der Waals surface area contributed by atoms with Crippen molar-refractivity contribution in [2.45, 2.75) is 19.9 Å². The average molecular weight is 286 g/mol. The van der Waals surface area contributed by atoms with E-state index in [0.29, 0.717) is 22.0 Å². The summed E-state index contributed by atoms with van der Waals surface area (Å²) in [5, 5.41) is 14.2. The Bertz CT molecular complexity index is 685. The van der Waals surface area contributed by atoms with Gasteiger partial charge in [0.15, 0.2) is 0 Å². The minimum atomic E-state index is -0.338. The van der Waals surface area contributed by atoms with Crippen molar-refractivity contribution in [3.05, 3.63) is 45.4 Å². The number of amides is 1. The van der Waals surface area contributed by atoms with Gasteiger partial charge in [-0.25, -0.2) is 4.98 Å². The molecule has 1 aromatic carbocycles. The zero-order valence-corrected chi connectivity index (χ0v) is 12.0. The topological polar surface area (TPSA) is 91.8 Å². The number of nitrogens with one attached hydrogen (secondary N) is 1. The van der Waals surface area contributed by atoms with Gasteiger partial charge in [-0.3, -0.25) is 4.79 Å². The maximum atomic E-state index is 12.1. The van der Waals surface area contributed by atoms with Gasteiger partial charge in [0.2, 0.25) is 0 Å². The molecule has 0 spiro atoms. The van der Waals surface area contributed by atoms with Gasteiger partial charge in [0.1, 0.15) is 16.8 Å². The second-order valence-electron chi connectivity index (χ2n) is 4.42. The Kier molecular flexibility index (Phi) is 4.13. The molecule has 1 unspecified atom stereocenters. The Balaban J connectivity index is 2.24. The van der Waals surface area contributed by atoms with Crippen LogP contribution >= 0.6 is 11.3 Å². The largest absolute Gasteiger partial charge is 0.322 e. The number of hydrogen-bond donors (Lipinski definition) is 2. The van der Waals surface area contributed by atoms with E-state index in [1.165, 1.54) is 11.3 Å². The molecule has 0 fully saturated rings. The number of nitriles is 1. The maximum absolute atomic E-state index is 12.1. The predicted octanol–water partition coefficient (Wildman–Crippen LogP) is 2.60. The van der Waals surface area contributed by atoms with Crippen molar-refractivity contribution in [2.75, 3.05) is 5.32 Å². The quantitative estimate of drug-likeness (QED) is 0.907. The number of hydrogen-bond acceptors (Lipinski definition) is 5. The van der Waals surface area contributed by atoms with Gasteiger partial charge in [-0.05, 0) is 25.5 Å². The molecule has 5 nitrogen and oxygen atoms in total. The Morgan fingerprint density at radius 2 is 2.30 bits per heavy atom. The second kappa shape index (κ2) is 5.82. The number of carbonyl (C=O) groups is 1. The number of aromatic nitrogens is 1. The molecular formula is C14H14N4OS. The highest BCUT2D eigenvalue weighted by molar-refractivity contribution is 7.09. The molecule has 2 aromatic rings. The van der Waals surface area contributed by atoms with Crippen molar-refractivity contribution in [3.8, 4) is 6.07 Å². The van der Waals surface area contributed by atoms with Crippen LogP contribution in [0.4, 0.5) is 5.69 Å². The molecule has 1 heterocycles. The molecule has 20 heavy (non-hydrogen) atoms. The van der Waals surface area contributed by atoms with Crippen LogP contribution in [-0.2, 0) is 0 Å². The average Bonchev–Trinajstić information content (AvgIpc) is 2.89. The van der Waals surface area contributed by atoms with Crippen LogP contribution in [-0.4, -0.2) is 10.9 Å². The lowest BCUT2D eigenvalue weighted by Crippen LogP contribution is -2.14. The number of nitrogens with zero attached hydrogens (tertiary/aromatic N) is 2. The maximum Gasteiger partial charge on any atom is 0.275 e. The van der Waals surface area contributed by atoms with E-state index in [2.05, 4.69) is 16.4 Å². The van der Waals surface area contributed by atoms with Gasteiger partial charge < -0.3 is 11.1 Å². The van der Waals surface area contributed by atoms with Crippen LogP contribution in [0.1, 0.15) is 39.6 Å². The summed E-state index contributed by atoms with van der Waals surface area (Å²) in [6, 6.07) is 7.21. The Morgan fingerprint density at radius 3 is 2.90 bits per heavy atom. The predicted molar refractivity (Wildman–Crippen MR) is 78.6 cm³/mol. The van der Waals surface area contributed by atoms with E-state index >= 15 is 0 Å². The SMILES string of the molecule is Cc1cccc(NC(=O)c2csc(C(C)N)n2)c1C#N. The number of rotatable bonds is 3. The molecule has 0 saturated carbocycles. The highest BCUT2D eigenvalue weighted by Gasteiger charge is 2.14. The first-order valence-electron chi connectivity index (χ1n) is 6.05. The summed E-state index contributed by atoms with van der Waals surface area (Å²) < 4.78 is 0. The van der Waals surface area contributed by atoms with Crippen LogP contribution in [0.25, 0.3) is 0 Å². The van der Waals surface area contributed by atoms with Gasteiger partial charge in [-0.2, -0.15) is 5.26 Å². The summed E-state index contributed by atoms with van der Waals surface area (Å²) in [5.41, 5.74) is 7.81. The molecule has 6 heteroatoms. The third-order valence-corrected chi connectivity index (χ3v) is 3.82. The molecule has 1 atom stereocenters. The van der Waals surface area contributed by atoms with Crippen LogP contribution in [0.3, 0.4) is 0 Å². The third kappa shape index (κ3) is 2.85. The monoisotopic (exact) mass is 286 g/mol. The summed E-state index contributed by atoms with van der Waals surface area (Å²) in [6.07, 6.45) is 0. The first-order valence-corrected chi connectivity index (χ1v) is 6.93. The molecule has 1 amide bonds. The number of anilines is 1. The third-order valence-electron chi connectivity index (χ3n) is 2.78. The highest BCUT2D eigenvalue weighted by atomic mass is 32.1. The minimum absolute atomic E-state index is 0.199. The molecule has 3 N–H and O–H groups in total. The van der Waals surface area contributed by atoms with Gasteiger partial charge in [-0.1, -0.05) is 12.1 Å². The first-order chi connectivity index (χ1) is 9.52. The van der Waals surface area contributed by atoms with E-state index in [9.17, 15) is 4.79 Å². The van der Waals surface area contributed by atoms with Crippen LogP contribution < -0.4 is 11.1 Å². The molecule has 0 radical (unpaired) electrons. The summed E-state index contributed by atoms with van der Waals surface area (Å²) >= 11 is 1.35. The summed E-state index contributed by atoms with van der Waals surface area (Å²) in [4.78, 5) is 16.3. The van der Waals surface area contributed by atoms with Crippen molar-refractivity contribution >= 4 is 22.9 Å². The molecular weight excluding hydrogens is 272 g/mol. The zero-order chi connectivity index (χ0) is 14.7. The summed E-state index contributed by atoms with van der Waals surface area (Å²) in [7, 11) is 0. The van der Waals surface area contributed by atoms with Gasteiger partial charge in [0.25, 0.3) is 5.91 Å². The lowest BCUT2D eigenvalue weighted by molar-refractivity contribution is 0.102. The fourth-order valence-corrected chi connectivity index (χ4v) is 2.47. The van der Waals surface area contributed by atoms with E-state index < -0.39 is 0 Å². The van der Waals surface area contributed by atoms with E-state index in [4.69, 9.17) is 11.0 Å². The molecule has 0 bridgehead atoms. The van der Waals surface area contributed by atoms with Crippen molar-refractivity contribution in [3.63, 3.8) is 0 Å². The summed E-state index contributed by atoms with van der Waals surface area (Å²) in [5.74, 6) is -0.338. The standard InChI is InChI=1S/C14H14N4OS/c1-8-4-3-5-11(10(8)6-15)17-13(19)12-7-20-14(18-12)9(2)16/h3-5,7,9H,16H2,1-2H3,(H,17,19). The molecule has 0 aliphatic rings. The number of carbonyl (C=O) groups excluding carboxylic acids is 1. The number of nitrogens with two attached hydrogens (primary N) is 1. The molecule has 0 aliphatic heterocycles. The number of benzene rings is 1. The van der Waals surface area contributed by atoms with Crippen molar-refractivity contribution < 1.29 is 4.79 Å². The smallest absolute Gasteiger partial charge is 0.275 e. The van der Waals surface area contributed by atoms with Crippen molar-refractivity contribution in [1.29, 1.82) is 5.26 Å². The zero-order valence-electron chi connectivity index (χ0n) is 11.2. The van der Waals surface area contributed by atoms with Gasteiger partial charge in [0, 0.05) is 5.38 Å². The van der Waals surface area contributed by atoms with Crippen LogP contribution in [0.2, 0.25) is 0 Å². The summed E-state index contributed by atoms with van der Waals surface area (Å²) in [6.45, 7) is 3.64. The molecule has 102 valence electrons. The Morgan fingerprint density at radius 1 is 1.55 bits per heavy atom. The fourth-order valence-electron chi connectivity index (χ4n) is 1.71. The highest BCUT2D eigenvalue weighted by Crippen LogP contribution is 2.20. The van der Waals surface area contributed by atoms with Crippen LogP contribution in [0, 0.1) is 18.3 Å². The number of thiazole rings is 1.